The SMILES string of the molecule is CCC1CN(C)CCCN1C1CC(C)(C)CCC1O. The van der Waals surface area contributed by atoms with Crippen LogP contribution in [0.3, 0.4) is 0 Å². The molecule has 0 spiro atoms. The molecular weight excluding hydrogens is 236 g/mol. The van der Waals surface area contributed by atoms with Gasteiger partial charge in [0.2, 0.25) is 0 Å². The summed E-state index contributed by atoms with van der Waals surface area (Å²) in [6.07, 6.45) is 5.58. The molecule has 1 aliphatic heterocycles. The molecule has 3 unspecified atom stereocenters. The van der Waals surface area contributed by atoms with Crippen LogP contribution in [0, 0.1) is 5.41 Å². The van der Waals surface area contributed by atoms with E-state index >= 15 is 0 Å². The minimum atomic E-state index is -0.120. The highest BCUT2D eigenvalue weighted by Crippen LogP contribution is 2.38. The van der Waals surface area contributed by atoms with E-state index in [2.05, 4.69) is 37.6 Å². The van der Waals surface area contributed by atoms with Crippen molar-refractivity contribution in [3.8, 4) is 0 Å². The van der Waals surface area contributed by atoms with E-state index in [0.717, 1.165) is 32.4 Å². The molecule has 0 aromatic rings. The Morgan fingerprint density at radius 2 is 2.00 bits per heavy atom. The van der Waals surface area contributed by atoms with Gasteiger partial charge in [0.25, 0.3) is 0 Å². The Bertz CT molecular complexity index is 292. The minimum Gasteiger partial charge on any atom is -0.391 e. The highest BCUT2D eigenvalue weighted by Gasteiger charge is 2.39. The fourth-order valence-corrected chi connectivity index (χ4v) is 3.94. The van der Waals surface area contributed by atoms with Crippen molar-refractivity contribution in [3.05, 3.63) is 0 Å². The zero-order valence-electron chi connectivity index (χ0n) is 13.2. The molecule has 1 saturated carbocycles. The number of likely N-dealkylation sites (N-methyl/N-ethyl adjacent to an activating group) is 1. The van der Waals surface area contributed by atoms with Crippen molar-refractivity contribution in [3.63, 3.8) is 0 Å². The topological polar surface area (TPSA) is 26.7 Å². The fourth-order valence-electron chi connectivity index (χ4n) is 3.94. The third kappa shape index (κ3) is 3.71. The standard InChI is InChI=1S/C16H32N2O/c1-5-13-12-17(4)9-6-10-18(13)14-11-16(2,3)8-7-15(14)19/h13-15,19H,5-12H2,1-4H3. The molecule has 112 valence electrons. The lowest BCUT2D eigenvalue weighted by Gasteiger charge is -2.46. The summed E-state index contributed by atoms with van der Waals surface area (Å²) in [6, 6.07) is 0.987. The lowest BCUT2D eigenvalue weighted by atomic mass is 9.73. The Balaban J connectivity index is 2.12. The van der Waals surface area contributed by atoms with Crippen molar-refractivity contribution >= 4 is 0 Å². The highest BCUT2D eigenvalue weighted by molar-refractivity contribution is 4.94. The Kier molecular flexibility index (Phi) is 4.91. The van der Waals surface area contributed by atoms with E-state index in [1.165, 1.54) is 19.4 Å². The molecule has 19 heavy (non-hydrogen) atoms. The first-order valence-corrected chi connectivity index (χ1v) is 8.05. The molecule has 3 nitrogen and oxygen atoms in total. The van der Waals surface area contributed by atoms with Gasteiger partial charge in [0.05, 0.1) is 6.10 Å². The van der Waals surface area contributed by atoms with Crippen molar-refractivity contribution < 1.29 is 5.11 Å². The molecule has 0 aromatic carbocycles. The maximum absolute atomic E-state index is 10.5. The second-order valence-corrected chi connectivity index (χ2v) is 7.46. The average Bonchev–Trinajstić information content (AvgIpc) is 2.54. The van der Waals surface area contributed by atoms with E-state index in [9.17, 15) is 5.11 Å². The van der Waals surface area contributed by atoms with Crippen LogP contribution in [0.5, 0.6) is 0 Å². The van der Waals surface area contributed by atoms with Gasteiger partial charge < -0.3 is 10.0 Å². The van der Waals surface area contributed by atoms with E-state index in [-0.39, 0.29) is 6.10 Å². The van der Waals surface area contributed by atoms with Crippen LogP contribution in [0.4, 0.5) is 0 Å². The normalized spacial score (nSPS) is 38.1. The molecule has 3 heteroatoms. The van der Waals surface area contributed by atoms with E-state index < -0.39 is 0 Å². The summed E-state index contributed by atoms with van der Waals surface area (Å²) in [4.78, 5) is 5.09. The van der Waals surface area contributed by atoms with E-state index in [1.54, 1.807) is 0 Å². The summed E-state index contributed by atoms with van der Waals surface area (Å²) in [6.45, 7) is 10.5. The molecule has 0 bridgehead atoms. The van der Waals surface area contributed by atoms with Gasteiger partial charge in [-0.05, 0) is 51.1 Å². The first kappa shape index (κ1) is 15.3. The van der Waals surface area contributed by atoms with Crippen LogP contribution in [-0.4, -0.2) is 59.8 Å². The molecule has 2 fully saturated rings. The lowest BCUT2D eigenvalue weighted by Crippen LogP contribution is -2.54. The third-order valence-corrected chi connectivity index (χ3v) is 5.17. The molecule has 0 radical (unpaired) electrons. The van der Waals surface area contributed by atoms with Crippen molar-refractivity contribution in [1.29, 1.82) is 0 Å². The van der Waals surface area contributed by atoms with Crippen LogP contribution in [0.2, 0.25) is 0 Å². The smallest absolute Gasteiger partial charge is 0.0695 e. The van der Waals surface area contributed by atoms with Crippen molar-refractivity contribution in [1.82, 2.24) is 9.80 Å². The number of nitrogens with zero attached hydrogens (tertiary/aromatic N) is 2. The molecule has 1 N–H and O–H groups in total. The molecule has 2 aliphatic rings. The first-order chi connectivity index (χ1) is 8.93. The summed E-state index contributed by atoms with van der Waals surface area (Å²) in [7, 11) is 2.23. The van der Waals surface area contributed by atoms with Crippen molar-refractivity contribution in [2.45, 2.75) is 71.1 Å². The molecule has 0 aromatic heterocycles. The van der Waals surface area contributed by atoms with E-state index in [4.69, 9.17) is 0 Å². The van der Waals surface area contributed by atoms with Gasteiger partial charge in [0.15, 0.2) is 0 Å². The van der Waals surface area contributed by atoms with Gasteiger partial charge in [-0.2, -0.15) is 0 Å². The summed E-state index contributed by atoms with van der Waals surface area (Å²) in [5.74, 6) is 0. The summed E-state index contributed by atoms with van der Waals surface area (Å²) < 4.78 is 0. The fraction of sp³-hybridized carbons (Fsp3) is 1.00. The zero-order valence-corrected chi connectivity index (χ0v) is 13.2. The maximum Gasteiger partial charge on any atom is 0.0695 e. The Morgan fingerprint density at radius 3 is 2.68 bits per heavy atom. The molecule has 1 aliphatic carbocycles. The van der Waals surface area contributed by atoms with Gasteiger partial charge in [-0.3, -0.25) is 4.90 Å². The van der Waals surface area contributed by atoms with Gasteiger partial charge in [-0.15, -0.1) is 0 Å². The first-order valence-electron chi connectivity index (χ1n) is 8.05. The van der Waals surface area contributed by atoms with Crippen LogP contribution in [0.15, 0.2) is 0 Å². The van der Waals surface area contributed by atoms with Crippen molar-refractivity contribution in [2.24, 2.45) is 5.41 Å². The number of hydrogen-bond acceptors (Lipinski definition) is 3. The van der Waals surface area contributed by atoms with Crippen LogP contribution >= 0.6 is 0 Å². The number of hydrogen-bond donors (Lipinski definition) is 1. The van der Waals surface area contributed by atoms with Gasteiger partial charge in [0, 0.05) is 25.2 Å². The third-order valence-electron chi connectivity index (χ3n) is 5.17. The molecule has 1 saturated heterocycles. The molecule has 1 heterocycles. The zero-order chi connectivity index (χ0) is 14.0. The van der Waals surface area contributed by atoms with Gasteiger partial charge in [-0.1, -0.05) is 20.8 Å². The van der Waals surface area contributed by atoms with Gasteiger partial charge >= 0.3 is 0 Å². The minimum absolute atomic E-state index is 0.120. The number of aliphatic hydroxyl groups excluding tert-OH is 1. The molecule has 3 atom stereocenters. The number of rotatable bonds is 2. The molecular formula is C16H32N2O. The largest absolute Gasteiger partial charge is 0.391 e. The average molecular weight is 268 g/mol. The summed E-state index contributed by atoms with van der Waals surface area (Å²) >= 11 is 0. The van der Waals surface area contributed by atoms with Crippen LogP contribution in [-0.2, 0) is 0 Å². The monoisotopic (exact) mass is 268 g/mol. The highest BCUT2D eigenvalue weighted by atomic mass is 16.3. The summed E-state index contributed by atoms with van der Waals surface area (Å²) in [5.41, 5.74) is 0.389. The molecule has 0 amide bonds. The Labute approximate surface area is 119 Å². The quantitative estimate of drug-likeness (QED) is 0.833. The Morgan fingerprint density at radius 1 is 1.26 bits per heavy atom. The maximum atomic E-state index is 10.5. The van der Waals surface area contributed by atoms with Crippen molar-refractivity contribution in [2.75, 3.05) is 26.7 Å². The van der Waals surface area contributed by atoms with Crippen LogP contribution in [0.1, 0.15) is 52.9 Å². The predicted octanol–water partition coefficient (Wildman–Crippen LogP) is 2.34. The molecule has 2 rings (SSSR count). The van der Waals surface area contributed by atoms with Crippen LogP contribution in [0.25, 0.3) is 0 Å². The second kappa shape index (κ2) is 6.11. The van der Waals surface area contributed by atoms with Gasteiger partial charge in [0.1, 0.15) is 0 Å². The Hall–Kier alpha value is -0.120. The summed E-state index contributed by atoms with van der Waals surface area (Å²) in [5, 5.41) is 10.5. The second-order valence-electron chi connectivity index (χ2n) is 7.46. The predicted molar refractivity (Wildman–Crippen MR) is 80.3 cm³/mol. The van der Waals surface area contributed by atoms with E-state index in [0.29, 0.717) is 17.5 Å². The van der Waals surface area contributed by atoms with Crippen LogP contribution < -0.4 is 0 Å². The van der Waals surface area contributed by atoms with E-state index in [1.807, 2.05) is 0 Å². The number of aliphatic hydroxyl groups is 1. The lowest BCUT2D eigenvalue weighted by molar-refractivity contribution is -0.0337. The van der Waals surface area contributed by atoms with Gasteiger partial charge in [-0.25, -0.2) is 0 Å².